The molecule has 0 bridgehead atoms. The van der Waals surface area contributed by atoms with Gasteiger partial charge in [0.2, 0.25) is 0 Å². The van der Waals surface area contributed by atoms with E-state index >= 15 is 0 Å². The van der Waals surface area contributed by atoms with E-state index in [1.807, 2.05) is 24.3 Å². The third-order valence-corrected chi connectivity index (χ3v) is 4.57. The van der Waals surface area contributed by atoms with Crippen LogP contribution in [0.25, 0.3) is 33.4 Å². The summed E-state index contributed by atoms with van der Waals surface area (Å²) in [5.41, 5.74) is 7.51. The van der Waals surface area contributed by atoms with Crippen molar-refractivity contribution in [2.24, 2.45) is 0 Å². The summed E-state index contributed by atoms with van der Waals surface area (Å²) in [4.78, 5) is 12.4. The molecule has 134 valence electrons. The van der Waals surface area contributed by atoms with Crippen molar-refractivity contribution in [2.45, 2.75) is 0 Å². The zero-order chi connectivity index (χ0) is 19.1. The molecule has 0 amide bonds. The Labute approximate surface area is 160 Å². The Bertz CT molecular complexity index is 1200. The zero-order valence-corrected chi connectivity index (χ0v) is 15.1. The maximum atomic E-state index is 14.3. The average molecular weight is 431 g/mol. The van der Waals surface area contributed by atoms with Crippen LogP contribution in [-0.4, -0.2) is 15.0 Å². The molecule has 0 radical (unpaired) electrons. The molecule has 27 heavy (non-hydrogen) atoms. The molecule has 2 aromatic carbocycles. The molecule has 2 N–H and O–H groups in total. The fourth-order valence-corrected chi connectivity index (χ4v) is 3.23. The maximum absolute atomic E-state index is 14.3. The van der Waals surface area contributed by atoms with Gasteiger partial charge in [0.1, 0.15) is 12.1 Å². The van der Waals surface area contributed by atoms with Gasteiger partial charge >= 0.3 is 0 Å². The number of fused-ring (bicyclic) bond motifs is 1. The van der Waals surface area contributed by atoms with Crippen molar-refractivity contribution in [1.29, 1.82) is 0 Å². The topological polar surface area (TPSA) is 64.7 Å². The van der Waals surface area contributed by atoms with Gasteiger partial charge in [-0.05, 0) is 41.5 Å². The fraction of sp³-hybridized carbons (Fsp3) is 0. The first-order valence-corrected chi connectivity index (χ1v) is 8.56. The number of halogens is 4. The lowest BCUT2D eigenvalue weighted by Gasteiger charge is -2.12. The van der Waals surface area contributed by atoms with E-state index in [1.54, 1.807) is 6.07 Å². The number of aromatic nitrogens is 3. The number of rotatable bonds is 2. The molecular formula is C19H10BrF3N4. The Balaban J connectivity index is 2.07. The van der Waals surface area contributed by atoms with Crippen LogP contribution in [0.15, 0.2) is 53.3 Å². The van der Waals surface area contributed by atoms with Crippen molar-refractivity contribution in [3.8, 4) is 22.4 Å². The molecule has 0 unspecified atom stereocenters. The van der Waals surface area contributed by atoms with Gasteiger partial charge in [0.15, 0.2) is 23.1 Å². The first-order chi connectivity index (χ1) is 13.0. The van der Waals surface area contributed by atoms with E-state index in [1.165, 1.54) is 6.33 Å². The number of nitrogen functional groups attached to an aromatic ring is 1. The van der Waals surface area contributed by atoms with E-state index in [0.29, 0.717) is 10.9 Å². The first kappa shape index (κ1) is 17.4. The lowest BCUT2D eigenvalue weighted by molar-refractivity contribution is 0.449. The van der Waals surface area contributed by atoms with Crippen molar-refractivity contribution in [2.75, 3.05) is 5.73 Å². The Morgan fingerprint density at radius 1 is 0.889 bits per heavy atom. The standard InChI is InChI=1S/C19H10BrF3N4/c20-10-3-1-2-9(6-10)12-7-14(11-4-5-13(21)17(23)16(11)22)27-19-15(12)18(24)25-8-26-19/h1-8H,(H2,24,25,26,27). The van der Waals surface area contributed by atoms with E-state index < -0.39 is 17.5 Å². The molecule has 0 aliphatic carbocycles. The average Bonchev–Trinajstić information content (AvgIpc) is 2.65. The quantitative estimate of drug-likeness (QED) is 0.448. The van der Waals surface area contributed by atoms with Crippen LogP contribution in [0.5, 0.6) is 0 Å². The second kappa shape index (κ2) is 6.62. The van der Waals surface area contributed by atoms with Gasteiger partial charge in [0.25, 0.3) is 0 Å². The molecule has 0 aliphatic rings. The van der Waals surface area contributed by atoms with Crippen LogP contribution >= 0.6 is 15.9 Å². The fourth-order valence-electron chi connectivity index (χ4n) is 2.83. The molecule has 0 spiro atoms. The molecule has 0 aliphatic heterocycles. The van der Waals surface area contributed by atoms with Crippen molar-refractivity contribution in [1.82, 2.24) is 15.0 Å². The van der Waals surface area contributed by atoms with E-state index in [2.05, 4.69) is 30.9 Å². The summed E-state index contributed by atoms with van der Waals surface area (Å²) in [5.74, 6) is -3.93. The number of benzene rings is 2. The van der Waals surface area contributed by atoms with Gasteiger partial charge in [-0.25, -0.2) is 28.1 Å². The molecule has 2 aromatic heterocycles. The Morgan fingerprint density at radius 2 is 1.70 bits per heavy atom. The molecule has 0 atom stereocenters. The van der Waals surface area contributed by atoms with Crippen molar-refractivity contribution < 1.29 is 13.2 Å². The molecule has 2 heterocycles. The largest absolute Gasteiger partial charge is 0.383 e. The molecule has 4 rings (SSSR count). The highest BCUT2D eigenvalue weighted by molar-refractivity contribution is 9.10. The summed E-state index contributed by atoms with van der Waals surface area (Å²) in [6.07, 6.45) is 1.24. The molecule has 0 saturated heterocycles. The van der Waals surface area contributed by atoms with Crippen molar-refractivity contribution >= 4 is 32.8 Å². The number of nitrogens with zero attached hydrogens (tertiary/aromatic N) is 3. The minimum atomic E-state index is -1.55. The predicted octanol–water partition coefficient (Wildman–Crippen LogP) is 5.12. The monoisotopic (exact) mass is 430 g/mol. The van der Waals surface area contributed by atoms with E-state index in [-0.39, 0.29) is 22.7 Å². The summed E-state index contributed by atoms with van der Waals surface area (Å²) in [6.45, 7) is 0. The number of pyridine rings is 1. The van der Waals surface area contributed by atoms with Crippen LogP contribution in [0.4, 0.5) is 19.0 Å². The number of hydrogen-bond donors (Lipinski definition) is 1. The number of hydrogen-bond acceptors (Lipinski definition) is 4. The Morgan fingerprint density at radius 3 is 2.48 bits per heavy atom. The summed E-state index contributed by atoms with van der Waals surface area (Å²) < 4.78 is 42.1. The van der Waals surface area contributed by atoms with E-state index in [4.69, 9.17) is 5.73 Å². The third-order valence-electron chi connectivity index (χ3n) is 4.08. The molecule has 8 heteroatoms. The van der Waals surface area contributed by atoms with Crippen molar-refractivity contribution in [3.05, 3.63) is 70.7 Å². The van der Waals surface area contributed by atoms with Crippen LogP contribution in [0.2, 0.25) is 0 Å². The van der Waals surface area contributed by atoms with Gasteiger partial charge in [0, 0.05) is 10.0 Å². The first-order valence-electron chi connectivity index (χ1n) is 7.76. The number of nitrogens with two attached hydrogens (primary N) is 1. The molecule has 0 saturated carbocycles. The minimum Gasteiger partial charge on any atom is -0.383 e. The highest BCUT2D eigenvalue weighted by Crippen LogP contribution is 2.35. The lowest BCUT2D eigenvalue weighted by atomic mass is 9.99. The van der Waals surface area contributed by atoms with E-state index in [0.717, 1.165) is 22.2 Å². The van der Waals surface area contributed by atoms with Crippen LogP contribution in [-0.2, 0) is 0 Å². The van der Waals surface area contributed by atoms with Crippen LogP contribution in [0.1, 0.15) is 0 Å². The van der Waals surface area contributed by atoms with Gasteiger partial charge < -0.3 is 5.73 Å². The predicted molar refractivity (Wildman–Crippen MR) is 100 cm³/mol. The number of anilines is 1. The molecule has 0 fully saturated rings. The van der Waals surface area contributed by atoms with Crippen LogP contribution < -0.4 is 5.73 Å². The molecule has 4 aromatic rings. The summed E-state index contributed by atoms with van der Waals surface area (Å²) in [7, 11) is 0. The van der Waals surface area contributed by atoms with Gasteiger partial charge in [-0.15, -0.1) is 0 Å². The Hall–Kier alpha value is -3.00. The lowest BCUT2D eigenvalue weighted by Crippen LogP contribution is -2.00. The second-order valence-corrected chi connectivity index (χ2v) is 6.66. The van der Waals surface area contributed by atoms with Crippen molar-refractivity contribution in [3.63, 3.8) is 0 Å². The normalized spacial score (nSPS) is 11.1. The SMILES string of the molecule is Nc1ncnc2nc(-c3ccc(F)c(F)c3F)cc(-c3cccc(Br)c3)c12. The molecule has 4 nitrogen and oxygen atoms in total. The van der Waals surface area contributed by atoms with Crippen LogP contribution in [0, 0.1) is 17.5 Å². The maximum Gasteiger partial charge on any atom is 0.195 e. The summed E-state index contributed by atoms with van der Waals surface area (Å²) in [6, 6.07) is 10.9. The van der Waals surface area contributed by atoms with Gasteiger partial charge in [-0.2, -0.15) is 0 Å². The highest BCUT2D eigenvalue weighted by Gasteiger charge is 2.19. The van der Waals surface area contributed by atoms with E-state index in [9.17, 15) is 13.2 Å². The second-order valence-electron chi connectivity index (χ2n) is 5.75. The van der Waals surface area contributed by atoms with Gasteiger partial charge in [-0.1, -0.05) is 28.1 Å². The minimum absolute atomic E-state index is 0.104. The van der Waals surface area contributed by atoms with Gasteiger partial charge in [-0.3, -0.25) is 0 Å². The summed E-state index contributed by atoms with van der Waals surface area (Å²) >= 11 is 3.41. The summed E-state index contributed by atoms with van der Waals surface area (Å²) in [5, 5.41) is 0.488. The van der Waals surface area contributed by atoms with Gasteiger partial charge in [0.05, 0.1) is 11.1 Å². The highest BCUT2D eigenvalue weighted by atomic mass is 79.9. The third kappa shape index (κ3) is 3.02. The molecular weight excluding hydrogens is 421 g/mol. The smallest absolute Gasteiger partial charge is 0.195 e. The zero-order valence-electron chi connectivity index (χ0n) is 13.5. The Kier molecular flexibility index (Phi) is 4.27. The van der Waals surface area contributed by atoms with Crippen LogP contribution in [0.3, 0.4) is 0 Å².